The Morgan fingerprint density at radius 2 is 2.05 bits per heavy atom. The van der Waals surface area contributed by atoms with Crippen molar-refractivity contribution in [2.75, 3.05) is 26.8 Å². The van der Waals surface area contributed by atoms with Gasteiger partial charge in [-0.25, -0.2) is 0 Å². The molecule has 2 atom stereocenters. The van der Waals surface area contributed by atoms with Crippen molar-refractivity contribution in [1.82, 2.24) is 10.2 Å². The zero-order chi connectivity index (χ0) is 14.7. The number of hydrogen-bond acceptors (Lipinski definition) is 4. The highest BCUT2D eigenvalue weighted by Gasteiger charge is 2.22. The Balaban J connectivity index is 1.57. The van der Waals surface area contributed by atoms with Gasteiger partial charge in [-0.2, -0.15) is 0 Å². The molecule has 0 saturated carbocycles. The van der Waals surface area contributed by atoms with Crippen LogP contribution in [0.3, 0.4) is 0 Å². The molecule has 0 aliphatic carbocycles. The van der Waals surface area contributed by atoms with Crippen molar-refractivity contribution >= 4 is 0 Å². The van der Waals surface area contributed by atoms with Gasteiger partial charge in [-0.15, -0.1) is 0 Å². The largest absolute Gasteiger partial charge is 0.490 e. The van der Waals surface area contributed by atoms with Gasteiger partial charge < -0.3 is 19.7 Å². The highest BCUT2D eigenvalue weighted by molar-refractivity contribution is 5.43. The number of rotatable bonds is 3. The molecule has 2 unspecified atom stereocenters. The van der Waals surface area contributed by atoms with Crippen molar-refractivity contribution < 1.29 is 9.47 Å². The first-order valence-corrected chi connectivity index (χ1v) is 8.04. The molecule has 2 aliphatic heterocycles. The SMILES string of the molecule is CC1CC(NCc2ccc3c(c2)OCCCO3)CCN1C. The molecule has 21 heavy (non-hydrogen) atoms. The molecule has 2 aliphatic rings. The molecule has 0 radical (unpaired) electrons. The van der Waals surface area contributed by atoms with Gasteiger partial charge in [0.1, 0.15) is 0 Å². The van der Waals surface area contributed by atoms with Gasteiger partial charge in [0.15, 0.2) is 11.5 Å². The van der Waals surface area contributed by atoms with Crippen LogP contribution in [0.4, 0.5) is 0 Å². The molecule has 116 valence electrons. The number of hydrogen-bond donors (Lipinski definition) is 1. The summed E-state index contributed by atoms with van der Waals surface area (Å²) >= 11 is 0. The summed E-state index contributed by atoms with van der Waals surface area (Å²) < 4.78 is 11.4. The number of fused-ring (bicyclic) bond motifs is 1. The van der Waals surface area contributed by atoms with E-state index < -0.39 is 0 Å². The highest BCUT2D eigenvalue weighted by atomic mass is 16.5. The van der Waals surface area contributed by atoms with Gasteiger partial charge >= 0.3 is 0 Å². The molecule has 1 N–H and O–H groups in total. The quantitative estimate of drug-likeness (QED) is 0.927. The van der Waals surface area contributed by atoms with Crippen molar-refractivity contribution in [1.29, 1.82) is 0 Å². The maximum absolute atomic E-state index is 5.75. The minimum atomic E-state index is 0.618. The molecular weight excluding hydrogens is 264 g/mol. The van der Waals surface area contributed by atoms with Crippen LogP contribution in [-0.2, 0) is 6.54 Å². The maximum atomic E-state index is 5.75. The van der Waals surface area contributed by atoms with Crippen molar-refractivity contribution in [3.05, 3.63) is 23.8 Å². The summed E-state index contributed by atoms with van der Waals surface area (Å²) in [6.45, 7) is 5.88. The summed E-state index contributed by atoms with van der Waals surface area (Å²) in [4.78, 5) is 2.44. The molecule has 2 heterocycles. The summed E-state index contributed by atoms with van der Waals surface area (Å²) in [7, 11) is 2.21. The van der Waals surface area contributed by atoms with E-state index in [2.05, 4.69) is 36.3 Å². The van der Waals surface area contributed by atoms with E-state index in [-0.39, 0.29) is 0 Å². The van der Waals surface area contributed by atoms with Gasteiger partial charge in [-0.3, -0.25) is 0 Å². The fraction of sp³-hybridized carbons (Fsp3) is 0.647. The van der Waals surface area contributed by atoms with E-state index in [4.69, 9.17) is 9.47 Å². The predicted octanol–water partition coefficient (Wildman–Crippen LogP) is 2.42. The average molecular weight is 290 g/mol. The number of likely N-dealkylation sites (tertiary alicyclic amines) is 1. The normalized spacial score (nSPS) is 26.4. The minimum absolute atomic E-state index is 0.618. The van der Waals surface area contributed by atoms with Gasteiger partial charge in [-0.1, -0.05) is 6.07 Å². The Labute approximate surface area is 127 Å². The van der Waals surface area contributed by atoms with Crippen LogP contribution in [0.1, 0.15) is 31.7 Å². The molecule has 1 aromatic rings. The van der Waals surface area contributed by atoms with Crippen molar-refractivity contribution in [3.8, 4) is 11.5 Å². The molecule has 1 saturated heterocycles. The first kappa shape index (κ1) is 14.7. The van der Waals surface area contributed by atoms with Gasteiger partial charge in [0.05, 0.1) is 13.2 Å². The van der Waals surface area contributed by atoms with Crippen molar-refractivity contribution in [2.24, 2.45) is 0 Å². The summed E-state index contributed by atoms with van der Waals surface area (Å²) in [5.74, 6) is 1.77. The first-order chi connectivity index (χ1) is 10.2. The smallest absolute Gasteiger partial charge is 0.161 e. The lowest BCUT2D eigenvalue weighted by Gasteiger charge is -2.35. The van der Waals surface area contributed by atoms with Crippen LogP contribution in [0, 0.1) is 0 Å². The second-order valence-electron chi connectivity index (χ2n) is 6.26. The molecule has 0 amide bonds. The Morgan fingerprint density at radius 3 is 2.86 bits per heavy atom. The summed E-state index contributed by atoms with van der Waals surface area (Å²) in [5, 5.41) is 3.69. The first-order valence-electron chi connectivity index (χ1n) is 8.04. The molecule has 0 bridgehead atoms. The second-order valence-corrected chi connectivity index (χ2v) is 6.26. The Hall–Kier alpha value is -1.26. The predicted molar refractivity (Wildman–Crippen MR) is 84.0 cm³/mol. The maximum Gasteiger partial charge on any atom is 0.161 e. The van der Waals surface area contributed by atoms with Crippen LogP contribution < -0.4 is 14.8 Å². The minimum Gasteiger partial charge on any atom is -0.490 e. The molecule has 1 fully saturated rings. The summed E-state index contributed by atoms with van der Waals surface area (Å²) in [6.07, 6.45) is 3.40. The molecule has 3 rings (SSSR count). The van der Waals surface area contributed by atoms with Crippen LogP contribution >= 0.6 is 0 Å². The van der Waals surface area contributed by atoms with Gasteiger partial charge in [0, 0.05) is 25.0 Å². The number of ether oxygens (including phenoxy) is 2. The van der Waals surface area contributed by atoms with E-state index in [0.29, 0.717) is 12.1 Å². The third kappa shape index (κ3) is 3.69. The fourth-order valence-corrected chi connectivity index (χ4v) is 3.05. The third-order valence-corrected chi connectivity index (χ3v) is 4.62. The van der Waals surface area contributed by atoms with E-state index in [1.165, 1.54) is 24.9 Å². The van der Waals surface area contributed by atoms with Gasteiger partial charge in [0.25, 0.3) is 0 Å². The number of piperidine rings is 1. The van der Waals surface area contributed by atoms with Crippen LogP contribution in [0.2, 0.25) is 0 Å². The summed E-state index contributed by atoms with van der Waals surface area (Å²) in [5.41, 5.74) is 1.27. The monoisotopic (exact) mass is 290 g/mol. The van der Waals surface area contributed by atoms with E-state index >= 15 is 0 Å². The summed E-state index contributed by atoms with van der Waals surface area (Å²) in [6, 6.07) is 7.58. The second kappa shape index (κ2) is 6.67. The lowest BCUT2D eigenvalue weighted by molar-refractivity contribution is 0.168. The zero-order valence-corrected chi connectivity index (χ0v) is 13.1. The number of nitrogens with one attached hydrogen (secondary N) is 1. The van der Waals surface area contributed by atoms with Crippen LogP contribution in [-0.4, -0.2) is 43.8 Å². The molecule has 4 nitrogen and oxygen atoms in total. The van der Waals surface area contributed by atoms with Crippen LogP contribution in [0.5, 0.6) is 11.5 Å². The fourth-order valence-electron chi connectivity index (χ4n) is 3.05. The lowest BCUT2D eigenvalue weighted by Crippen LogP contribution is -2.45. The standard InChI is InChI=1S/C17H26N2O2/c1-13-10-15(6-7-19(13)2)18-12-14-4-5-16-17(11-14)21-9-3-8-20-16/h4-5,11,13,15,18H,3,6-10,12H2,1-2H3. The van der Waals surface area contributed by atoms with Crippen LogP contribution in [0.25, 0.3) is 0 Å². The Bertz CT molecular complexity index is 478. The average Bonchev–Trinajstić information content (AvgIpc) is 2.73. The third-order valence-electron chi connectivity index (χ3n) is 4.62. The van der Waals surface area contributed by atoms with Gasteiger partial charge in [0.2, 0.25) is 0 Å². The van der Waals surface area contributed by atoms with Crippen LogP contribution in [0.15, 0.2) is 18.2 Å². The topological polar surface area (TPSA) is 33.7 Å². The Morgan fingerprint density at radius 1 is 1.24 bits per heavy atom. The zero-order valence-electron chi connectivity index (χ0n) is 13.1. The van der Waals surface area contributed by atoms with Crippen molar-refractivity contribution in [2.45, 2.75) is 44.8 Å². The number of benzene rings is 1. The molecular formula is C17H26N2O2. The molecule has 0 spiro atoms. The van der Waals surface area contributed by atoms with E-state index in [0.717, 1.165) is 37.7 Å². The van der Waals surface area contributed by atoms with E-state index in [1.54, 1.807) is 0 Å². The number of nitrogens with zero attached hydrogens (tertiary/aromatic N) is 1. The van der Waals surface area contributed by atoms with E-state index in [1.807, 2.05) is 6.07 Å². The lowest BCUT2D eigenvalue weighted by atomic mass is 9.98. The van der Waals surface area contributed by atoms with Crippen molar-refractivity contribution in [3.63, 3.8) is 0 Å². The molecule has 4 heteroatoms. The molecule has 1 aromatic carbocycles. The highest BCUT2D eigenvalue weighted by Crippen LogP contribution is 2.30. The van der Waals surface area contributed by atoms with E-state index in [9.17, 15) is 0 Å². The Kier molecular flexibility index (Phi) is 4.66. The van der Waals surface area contributed by atoms with Gasteiger partial charge in [-0.05, 0) is 51.1 Å². The molecule has 0 aromatic heterocycles.